The molecule has 0 radical (unpaired) electrons. The van der Waals surface area contributed by atoms with Crippen LogP contribution in [0.15, 0.2) is 12.1 Å². The van der Waals surface area contributed by atoms with E-state index in [2.05, 4.69) is 0 Å². The van der Waals surface area contributed by atoms with Crippen LogP contribution >= 0.6 is 11.8 Å². The number of rotatable bonds is 6. The molecular formula is C18H21NO6S. The summed E-state index contributed by atoms with van der Waals surface area (Å²) in [6.07, 6.45) is 1.40. The van der Waals surface area contributed by atoms with Gasteiger partial charge in [-0.15, -0.1) is 0 Å². The van der Waals surface area contributed by atoms with Crippen molar-refractivity contribution in [1.82, 2.24) is 4.90 Å². The number of carbonyl (C=O) groups is 3. The van der Waals surface area contributed by atoms with Crippen LogP contribution in [0.4, 0.5) is 0 Å². The quantitative estimate of drug-likeness (QED) is 0.810. The van der Waals surface area contributed by atoms with Gasteiger partial charge in [0.05, 0.1) is 6.04 Å². The minimum atomic E-state index is -1.06. The average molecular weight is 379 g/mol. The van der Waals surface area contributed by atoms with Crippen LogP contribution in [0.25, 0.3) is 0 Å². The topological polar surface area (TPSA) is 93.1 Å². The van der Waals surface area contributed by atoms with E-state index in [1.165, 1.54) is 11.8 Å². The molecule has 2 aliphatic rings. The van der Waals surface area contributed by atoms with E-state index < -0.39 is 11.9 Å². The second-order valence-electron chi connectivity index (χ2n) is 6.52. The number of amides is 1. The molecule has 140 valence electrons. The van der Waals surface area contributed by atoms with Crippen LogP contribution in [0.3, 0.4) is 0 Å². The van der Waals surface area contributed by atoms with Crippen LogP contribution in [0.1, 0.15) is 37.4 Å². The molecule has 2 unspecified atom stereocenters. The van der Waals surface area contributed by atoms with E-state index in [1.54, 1.807) is 6.92 Å². The normalized spacial score (nSPS) is 18.3. The molecule has 1 aromatic rings. The number of hydrogen-bond acceptors (Lipinski definition) is 6. The number of thioether (sulfide) groups is 1. The first-order valence-corrected chi connectivity index (χ1v) is 9.43. The Bertz CT molecular complexity index is 749. The summed E-state index contributed by atoms with van der Waals surface area (Å²) in [5.41, 5.74) is 1.96. The van der Waals surface area contributed by atoms with Crippen molar-refractivity contribution in [2.45, 2.75) is 32.7 Å². The van der Waals surface area contributed by atoms with Crippen molar-refractivity contribution in [3.63, 3.8) is 0 Å². The molecule has 0 saturated carbocycles. The van der Waals surface area contributed by atoms with E-state index >= 15 is 0 Å². The Morgan fingerprint density at radius 3 is 2.65 bits per heavy atom. The maximum absolute atomic E-state index is 12.9. The van der Waals surface area contributed by atoms with Crippen LogP contribution in [-0.4, -0.2) is 46.1 Å². The zero-order chi connectivity index (χ0) is 18.8. The van der Waals surface area contributed by atoms with Gasteiger partial charge in [-0.1, -0.05) is 18.7 Å². The van der Waals surface area contributed by atoms with Crippen LogP contribution < -0.4 is 9.47 Å². The molecule has 0 saturated heterocycles. The van der Waals surface area contributed by atoms with Crippen LogP contribution in [0.2, 0.25) is 0 Å². The number of ether oxygens (including phenoxy) is 2. The van der Waals surface area contributed by atoms with Gasteiger partial charge in [0.1, 0.15) is 6.54 Å². The number of aryl methyl sites for hydroxylation is 1. The minimum Gasteiger partial charge on any atom is -0.480 e. The number of aliphatic carboxylic acids is 1. The summed E-state index contributed by atoms with van der Waals surface area (Å²) in [7, 11) is 0. The number of carbonyl (C=O) groups excluding carboxylic acids is 2. The van der Waals surface area contributed by atoms with Crippen molar-refractivity contribution in [3.8, 4) is 11.5 Å². The highest BCUT2D eigenvalue weighted by Crippen LogP contribution is 2.44. The van der Waals surface area contributed by atoms with Gasteiger partial charge in [0.25, 0.3) is 0 Å². The molecular weight excluding hydrogens is 358 g/mol. The molecule has 3 rings (SSSR count). The van der Waals surface area contributed by atoms with E-state index in [-0.39, 0.29) is 30.4 Å². The van der Waals surface area contributed by atoms with Crippen molar-refractivity contribution in [2.75, 3.05) is 19.1 Å². The lowest BCUT2D eigenvalue weighted by Gasteiger charge is -2.30. The molecule has 1 heterocycles. The summed E-state index contributed by atoms with van der Waals surface area (Å²) < 4.78 is 10.8. The summed E-state index contributed by atoms with van der Waals surface area (Å²) in [5.74, 6) is -0.104. The highest BCUT2D eigenvalue weighted by atomic mass is 32.2. The Morgan fingerprint density at radius 2 is 2.00 bits per heavy atom. The molecule has 1 aliphatic carbocycles. The number of fused-ring (bicyclic) bond motifs is 2. The predicted molar refractivity (Wildman–Crippen MR) is 95.3 cm³/mol. The summed E-state index contributed by atoms with van der Waals surface area (Å²) in [5, 5.41) is 9.24. The molecule has 0 bridgehead atoms. The van der Waals surface area contributed by atoms with Gasteiger partial charge in [-0.2, -0.15) is 0 Å². The van der Waals surface area contributed by atoms with E-state index in [1.807, 2.05) is 12.1 Å². The fourth-order valence-corrected chi connectivity index (χ4v) is 4.01. The molecule has 0 fully saturated rings. The van der Waals surface area contributed by atoms with E-state index in [9.17, 15) is 19.5 Å². The van der Waals surface area contributed by atoms with Crippen molar-refractivity contribution < 1.29 is 29.0 Å². The van der Waals surface area contributed by atoms with E-state index in [0.717, 1.165) is 29.3 Å². The number of carboxylic acids is 1. The Hall–Kier alpha value is -2.22. The third-order valence-corrected chi connectivity index (χ3v) is 5.68. The number of hydrogen-bond donors (Lipinski definition) is 1. The summed E-state index contributed by atoms with van der Waals surface area (Å²) in [6, 6.07) is 3.45. The predicted octanol–water partition coefficient (Wildman–Crippen LogP) is 2.23. The molecule has 0 aromatic heterocycles. The van der Waals surface area contributed by atoms with Gasteiger partial charge < -0.3 is 19.5 Å². The van der Waals surface area contributed by atoms with Crippen molar-refractivity contribution in [3.05, 3.63) is 23.3 Å². The summed E-state index contributed by atoms with van der Waals surface area (Å²) in [4.78, 5) is 36.8. The largest absolute Gasteiger partial charge is 0.480 e. The molecule has 26 heavy (non-hydrogen) atoms. The van der Waals surface area contributed by atoms with E-state index in [0.29, 0.717) is 23.7 Å². The first-order chi connectivity index (χ1) is 12.4. The Morgan fingerprint density at radius 1 is 1.31 bits per heavy atom. The van der Waals surface area contributed by atoms with Crippen molar-refractivity contribution in [2.24, 2.45) is 5.92 Å². The molecule has 8 heteroatoms. The minimum absolute atomic E-state index is 0.0617. The first kappa shape index (κ1) is 18.6. The first-order valence-electron chi connectivity index (χ1n) is 8.45. The SMILES string of the molecule is CC(=O)SCC(C)C(=O)N(CC(=O)O)C1CCc2cc3c(cc21)OCO3. The molecule has 1 aliphatic heterocycles. The molecule has 0 spiro atoms. The van der Waals surface area contributed by atoms with Gasteiger partial charge in [-0.05, 0) is 36.1 Å². The lowest BCUT2D eigenvalue weighted by molar-refractivity contribution is -0.147. The standard InChI is InChI=1S/C18H21NO6S/c1-10(8-26-11(2)20)18(23)19(7-17(21)22)14-4-3-12-5-15-16(6-13(12)14)25-9-24-15/h5-6,10,14H,3-4,7-9H2,1-2H3,(H,21,22). The number of nitrogens with zero attached hydrogens (tertiary/aromatic N) is 1. The van der Waals surface area contributed by atoms with Gasteiger partial charge in [0.2, 0.25) is 12.7 Å². The van der Waals surface area contributed by atoms with Crippen LogP contribution in [0.5, 0.6) is 11.5 Å². The second kappa shape index (κ2) is 7.57. The van der Waals surface area contributed by atoms with Gasteiger partial charge >= 0.3 is 5.97 Å². The van der Waals surface area contributed by atoms with Crippen molar-refractivity contribution in [1.29, 1.82) is 0 Å². The summed E-state index contributed by atoms with van der Waals surface area (Å²) >= 11 is 1.08. The van der Waals surface area contributed by atoms with Crippen molar-refractivity contribution >= 4 is 28.8 Å². The third-order valence-electron chi connectivity index (χ3n) is 4.60. The Kier molecular flexibility index (Phi) is 5.41. The fraction of sp³-hybridized carbons (Fsp3) is 0.500. The highest BCUT2D eigenvalue weighted by molar-refractivity contribution is 8.13. The second-order valence-corrected chi connectivity index (χ2v) is 7.72. The molecule has 1 amide bonds. The molecule has 1 N–H and O–H groups in total. The Labute approximate surface area is 155 Å². The zero-order valence-electron chi connectivity index (χ0n) is 14.7. The van der Waals surface area contributed by atoms with Gasteiger partial charge in [-0.3, -0.25) is 14.4 Å². The highest BCUT2D eigenvalue weighted by Gasteiger charge is 2.35. The fourth-order valence-electron chi connectivity index (χ4n) is 3.38. The molecule has 2 atom stereocenters. The van der Waals surface area contributed by atoms with Gasteiger partial charge in [0, 0.05) is 18.6 Å². The molecule has 1 aromatic carbocycles. The van der Waals surface area contributed by atoms with Crippen LogP contribution in [0, 0.1) is 5.92 Å². The summed E-state index contributed by atoms with van der Waals surface area (Å²) in [6.45, 7) is 2.97. The smallest absolute Gasteiger partial charge is 0.323 e. The number of carboxylic acid groups (broad SMARTS) is 1. The van der Waals surface area contributed by atoms with Crippen LogP contribution in [-0.2, 0) is 20.8 Å². The molecule has 7 nitrogen and oxygen atoms in total. The lowest BCUT2D eigenvalue weighted by atomic mass is 10.0. The van der Waals surface area contributed by atoms with E-state index in [4.69, 9.17) is 9.47 Å². The van der Waals surface area contributed by atoms with Gasteiger partial charge in [0.15, 0.2) is 16.6 Å². The lowest BCUT2D eigenvalue weighted by Crippen LogP contribution is -2.41. The monoisotopic (exact) mass is 379 g/mol. The van der Waals surface area contributed by atoms with Gasteiger partial charge in [-0.25, -0.2) is 0 Å². The average Bonchev–Trinajstić information content (AvgIpc) is 3.20. The zero-order valence-corrected chi connectivity index (χ0v) is 15.5. The maximum Gasteiger partial charge on any atom is 0.323 e. The Balaban J connectivity index is 1.84. The third kappa shape index (κ3) is 3.80. The maximum atomic E-state index is 12.9. The number of benzene rings is 1.